The van der Waals surface area contributed by atoms with Gasteiger partial charge >= 0.3 is 0 Å². The molecular formula is C20H24ClNO3. The Labute approximate surface area is 154 Å². The first-order valence-corrected chi connectivity index (χ1v) is 8.82. The summed E-state index contributed by atoms with van der Waals surface area (Å²) in [6.07, 6.45) is 0.111. The molecule has 4 nitrogen and oxygen atoms in total. The topological polar surface area (TPSA) is 47.6 Å². The molecule has 2 rings (SSSR count). The minimum Gasteiger partial charge on any atom is -0.491 e. The minimum absolute atomic E-state index is 0.137. The van der Waals surface area contributed by atoms with Crippen LogP contribution in [0.4, 0.5) is 0 Å². The third-order valence-electron chi connectivity index (χ3n) is 3.53. The summed E-state index contributed by atoms with van der Waals surface area (Å²) in [5.74, 6) is 1.17. The van der Waals surface area contributed by atoms with Crippen molar-refractivity contribution in [2.75, 3.05) is 0 Å². The highest BCUT2D eigenvalue weighted by molar-refractivity contribution is 6.32. The Bertz CT molecular complexity index is 686. The Kier molecular flexibility index (Phi) is 7.14. The first kappa shape index (κ1) is 19.1. The highest BCUT2D eigenvalue weighted by atomic mass is 35.5. The molecule has 0 aliphatic rings. The minimum atomic E-state index is -0.580. The Morgan fingerprint density at radius 1 is 1.08 bits per heavy atom. The van der Waals surface area contributed by atoms with Gasteiger partial charge in [-0.3, -0.25) is 4.79 Å². The molecular weight excluding hydrogens is 338 g/mol. The molecule has 0 bridgehead atoms. The summed E-state index contributed by atoms with van der Waals surface area (Å²) in [6, 6.07) is 14.8. The van der Waals surface area contributed by atoms with Crippen LogP contribution in [-0.2, 0) is 11.3 Å². The second kappa shape index (κ2) is 9.33. The van der Waals surface area contributed by atoms with Gasteiger partial charge in [0.2, 0.25) is 0 Å². The zero-order valence-corrected chi connectivity index (χ0v) is 15.5. The molecule has 0 aromatic heterocycles. The molecule has 0 heterocycles. The van der Waals surface area contributed by atoms with Crippen LogP contribution in [0.3, 0.4) is 0 Å². The molecule has 0 radical (unpaired) electrons. The predicted octanol–water partition coefficient (Wildman–Crippen LogP) is 4.60. The van der Waals surface area contributed by atoms with E-state index in [-0.39, 0.29) is 12.0 Å². The summed E-state index contributed by atoms with van der Waals surface area (Å²) in [6.45, 7) is 6.30. The monoisotopic (exact) mass is 361 g/mol. The molecule has 2 aromatic rings. The van der Waals surface area contributed by atoms with Gasteiger partial charge in [0.15, 0.2) is 6.10 Å². The first-order valence-electron chi connectivity index (χ1n) is 8.44. The molecule has 0 aliphatic carbocycles. The second-order valence-electron chi connectivity index (χ2n) is 5.97. The van der Waals surface area contributed by atoms with Crippen LogP contribution in [0.2, 0.25) is 5.02 Å². The number of carbonyl (C=O) groups is 1. The number of hydrogen-bond donors (Lipinski definition) is 1. The number of para-hydroxylation sites is 1. The molecule has 0 unspecified atom stereocenters. The van der Waals surface area contributed by atoms with Crippen LogP contribution in [-0.4, -0.2) is 18.1 Å². The van der Waals surface area contributed by atoms with Gasteiger partial charge in [0.25, 0.3) is 5.91 Å². The zero-order valence-electron chi connectivity index (χ0n) is 14.8. The Balaban J connectivity index is 1.90. The molecule has 0 aliphatic heterocycles. The Morgan fingerprint density at radius 2 is 1.76 bits per heavy atom. The SMILES string of the molecule is CC[C@H](Oc1ccccc1Cl)C(=O)NCc1ccc(OC(C)C)cc1. The lowest BCUT2D eigenvalue weighted by atomic mass is 10.2. The largest absolute Gasteiger partial charge is 0.491 e. The molecule has 1 N–H and O–H groups in total. The molecule has 0 saturated carbocycles. The van der Waals surface area contributed by atoms with E-state index >= 15 is 0 Å². The van der Waals surface area contributed by atoms with Crippen molar-refractivity contribution in [3.63, 3.8) is 0 Å². The molecule has 2 aromatic carbocycles. The normalized spacial score (nSPS) is 11.9. The van der Waals surface area contributed by atoms with Crippen LogP contribution in [0.15, 0.2) is 48.5 Å². The standard InChI is InChI=1S/C20H24ClNO3/c1-4-18(25-19-8-6-5-7-17(19)21)20(23)22-13-15-9-11-16(12-10-15)24-14(2)3/h5-12,14,18H,4,13H2,1-3H3,(H,22,23)/t18-/m0/s1. The first-order chi connectivity index (χ1) is 12.0. The number of carbonyl (C=O) groups excluding carboxylic acids is 1. The highest BCUT2D eigenvalue weighted by Crippen LogP contribution is 2.24. The number of hydrogen-bond acceptors (Lipinski definition) is 3. The Morgan fingerprint density at radius 3 is 2.36 bits per heavy atom. The van der Waals surface area contributed by atoms with Crippen LogP contribution in [0, 0.1) is 0 Å². The van der Waals surface area contributed by atoms with Crippen LogP contribution >= 0.6 is 11.6 Å². The molecule has 0 saturated heterocycles. The lowest BCUT2D eigenvalue weighted by Gasteiger charge is -2.18. The van der Waals surface area contributed by atoms with Gasteiger partial charge in [-0.25, -0.2) is 0 Å². The van der Waals surface area contributed by atoms with E-state index < -0.39 is 6.10 Å². The fourth-order valence-electron chi connectivity index (χ4n) is 2.28. The molecule has 0 fully saturated rings. The molecule has 1 atom stereocenters. The molecule has 134 valence electrons. The lowest BCUT2D eigenvalue weighted by molar-refractivity contribution is -0.128. The van der Waals surface area contributed by atoms with E-state index in [0.29, 0.717) is 23.7 Å². The van der Waals surface area contributed by atoms with E-state index in [9.17, 15) is 4.79 Å². The van der Waals surface area contributed by atoms with Gasteiger partial charge in [0.05, 0.1) is 11.1 Å². The maximum absolute atomic E-state index is 12.4. The maximum atomic E-state index is 12.4. The average molecular weight is 362 g/mol. The van der Waals surface area contributed by atoms with Crippen molar-refractivity contribution in [1.29, 1.82) is 0 Å². The summed E-state index contributed by atoms with van der Waals surface area (Å²) < 4.78 is 11.4. The zero-order chi connectivity index (χ0) is 18.2. The lowest BCUT2D eigenvalue weighted by Crippen LogP contribution is -2.37. The van der Waals surface area contributed by atoms with Gasteiger partial charge in [-0.15, -0.1) is 0 Å². The summed E-state index contributed by atoms with van der Waals surface area (Å²) in [5, 5.41) is 3.40. The van der Waals surface area contributed by atoms with E-state index in [2.05, 4.69) is 5.32 Å². The number of benzene rings is 2. The summed E-state index contributed by atoms with van der Waals surface area (Å²) in [7, 11) is 0. The number of amides is 1. The Hall–Kier alpha value is -2.20. The van der Waals surface area contributed by atoms with E-state index in [4.69, 9.17) is 21.1 Å². The number of rotatable bonds is 8. The van der Waals surface area contributed by atoms with Gasteiger partial charge < -0.3 is 14.8 Å². The van der Waals surface area contributed by atoms with Gasteiger partial charge in [0.1, 0.15) is 11.5 Å². The molecule has 1 amide bonds. The smallest absolute Gasteiger partial charge is 0.261 e. The molecule has 0 spiro atoms. The van der Waals surface area contributed by atoms with E-state index in [0.717, 1.165) is 11.3 Å². The van der Waals surface area contributed by atoms with Crippen LogP contribution in [0.5, 0.6) is 11.5 Å². The van der Waals surface area contributed by atoms with E-state index in [1.807, 2.05) is 57.2 Å². The second-order valence-corrected chi connectivity index (χ2v) is 6.38. The van der Waals surface area contributed by atoms with Crippen LogP contribution in [0.1, 0.15) is 32.8 Å². The van der Waals surface area contributed by atoms with E-state index in [1.165, 1.54) is 0 Å². The fraction of sp³-hybridized carbons (Fsp3) is 0.350. The summed E-state index contributed by atoms with van der Waals surface area (Å²) >= 11 is 6.09. The van der Waals surface area contributed by atoms with Crippen molar-refractivity contribution in [2.45, 2.75) is 45.9 Å². The molecule has 25 heavy (non-hydrogen) atoms. The average Bonchev–Trinajstić information content (AvgIpc) is 2.59. The van der Waals surface area contributed by atoms with Crippen molar-refractivity contribution in [2.24, 2.45) is 0 Å². The van der Waals surface area contributed by atoms with Crippen molar-refractivity contribution < 1.29 is 14.3 Å². The van der Waals surface area contributed by atoms with Gasteiger partial charge in [-0.2, -0.15) is 0 Å². The van der Waals surface area contributed by atoms with Crippen molar-refractivity contribution in [1.82, 2.24) is 5.32 Å². The van der Waals surface area contributed by atoms with Crippen molar-refractivity contribution in [3.05, 3.63) is 59.1 Å². The maximum Gasteiger partial charge on any atom is 0.261 e. The highest BCUT2D eigenvalue weighted by Gasteiger charge is 2.19. The van der Waals surface area contributed by atoms with Gasteiger partial charge in [0, 0.05) is 6.54 Å². The van der Waals surface area contributed by atoms with Crippen LogP contribution in [0.25, 0.3) is 0 Å². The third kappa shape index (κ3) is 5.98. The third-order valence-corrected chi connectivity index (χ3v) is 3.84. The number of nitrogens with one attached hydrogen (secondary N) is 1. The van der Waals surface area contributed by atoms with E-state index in [1.54, 1.807) is 12.1 Å². The van der Waals surface area contributed by atoms with Crippen LogP contribution < -0.4 is 14.8 Å². The fourth-order valence-corrected chi connectivity index (χ4v) is 2.46. The molecule has 5 heteroatoms. The summed E-state index contributed by atoms with van der Waals surface area (Å²) in [5.41, 5.74) is 0.997. The van der Waals surface area contributed by atoms with Crippen molar-refractivity contribution >= 4 is 17.5 Å². The quantitative estimate of drug-likeness (QED) is 0.747. The number of halogens is 1. The predicted molar refractivity (Wildman–Crippen MR) is 100 cm³/mol. The van der Waals surface area contributed by atoms with Gasteiger partial charge in [-0.05, 0) is 50.1 Å². The van der Waals surface area contributed by atoms with Crippen molar-refractivity contribution in [3.8, 4) is 11.5 Å². The number of ether oxygens (including phenoxy) is 2. The summed E-state index contributed by atoms with van der Waals surface area (Å²) in [4.78, 5) is 12.4. The van der Waals surface area contributed by atoms with Gasteiger partial charge in [-0.1, -0.05) is 42.8 Å².